The summed E-state index contributed by atoms with van der Waals surface area (Å²) in [5, 5.41) is 17.2. The van der Waals surface area contributed by atoms with Gasteiger partial charge in [-0.2, -0.15) is 10.5 Å². The molecule has 0 saturated carbocycles. The molecule has 0 aromatic heterocycles. The van der Waals surface area contributed by atoms with Crippen molar-refractivity contribution in [2.24, 2.45) is 5.92 Å². The Labute approximate surface area is 102 Å². The van der Waals surface area contributed by atoms with Crippen LogP contribution in [0.25, 0.3) is 6.08 Å². The van der Waals surface area contributed by atoms with Crippen molar-refractivity contribution in [1.29, 1.82) is 10.5 Å². The molecule has 0 radical (unpaired) electrons. The molecule has 0 aliphatic carbocycles. The first-order valence-electron chi connectivity index (χ1n) is 5.40. The van der Waals surface area contributed by atoms with Gasteiger partial charge in [-0.25, -0.2) is 0 Å². The van der Waals surface area contributed by atoms with Crippen molar-refractivity contribution >= 4 is 6.08 Å². The molecule has 1 aromatic rings. The van der Waals surface area contributed by atoms with Crippen LogP contribution in [0, 0.1) is 28.6 Å². The standard InChI is InChI=1S/C14H14N2O/c1-11(2)10-17-14-5-3-12(4-6-14)7-13(8-15)9-16/h3-7,11H,10H2,1-2H3. The van der Waals surface area contributed by atoms with E-state index in [4.69, 9.17) is 15.3 Å². The van der Waals surface area contributed by atoms with Crippen molar-refractivity contribution in [2.75, 3.05) is 6.61 Å². The first-order chi connectivity index (χ1) is 8.15. The number of nitriles is 2. The Morgan fingerprint density at radius 1 is 1.24 bits per heavy atom. The van der Waals surface area contributed by atoms with Crippen LogP contribution in [-0.2, 0) is 0 Å². The minimum absolute atomic E-state index is 0.0980. The zero-order chi connectivity index (χ0) is 12.7. The molecule has 3 heteroatoms. The predicted octanol–water partition coefficient (Wildman–Crippen LogP) is 3.15. The molecule has 0 bridgehead atoms. The highest BCUT2D eigenvalue weighted by Crippen LogP contribution is 2.15. The molecule has 0 amide bonds. The van der Waals surface area contributed by atoms with Crippen LogP contribution in [-0.4, -0.2) is 6.61 Å². The third kappa shape index (κ3) is 4.40. The normalized spacial score (nSPS) is 9.24. The van der Waals surface area contributed by atoms with Gasteiger partial charge in [0.05, 0.1) is 6.61 Å². The van der Waals surface area contributed by atoms with Crippen molar-refractivity contribution in [3.63, 3.8) is 0 Å². The molecule has 0 saturated heterocycles. The van der Waals surface area contributed by atoms with E-state index in [9.17, 15) is 0 Å². The van der Waals surface area contributed by atoms with Gasteiger partial charge in [-0.1, -0.05) is 26.0 Å². The molecule has 0 heterocycles. The molecule has 0 aliphatic heterocycles. The third-order valence-electron chi connectivity index (χ3n) is 2.02. The van der Waals surface area contributed by atoms with Crippen molar-refractivity contribution in [1.82, 2.24) is 0 Å². The van der Waals surface area contributed by atoms with E-state index in [0.717, 1.165) is 11.3 Å². The summed E-state index contributed by atoms with van der Waals surface area (Å²) in [6.45, 7) is 4.85. The Balaban J connectivity index is 2.73. The summed E-state index contributed by atoms with van der Waals surface area (Å²) < 4.78 is 5.53. The highest BCUT2D eigenvalue weighted by molar-refractivity contribution is 5.62. The van der Waals surface area contributed by atoms with Crippen LogP contribution in [0.15, 0.2) is 29.8 Å². The zero-order valence-corrected chi connectivity index (χ0v) is 9.97. The first kappa shape index (κ1) is 12.8. The minimum atomic E-state index is 0.0980. The van der Waals surface area contributed by atoms with Crippen molar-refractivity contribution in [3.05, 3.63) is 35.4 Å². The topological polar surface area (TPSA) is 56.8 Å². The van der Waals surface area contributed by atoms with E-state index in [0.29, 0.717) is 12.5 Å². The van der Waals surface area contributed by atoms with E-state index >= 15 is 0 Å². The second kappa shape index (κ2) is 6.35. The third-order valence-corrected chi connectivity index (χ3v) is 2.02. The van der Waals surface area contributed by atoms with Gasteiger partial charge in [0.15, 0.2) is 0 Å². The van der Waals surface area contributed by atoms with Gasteiger partial charge in [-0.3, -0.25) is 0 Å². The lowest BCUT2D eigenvalue weighted by Crippen LogP contribution is -2.04. The van der Waals surface area contributed by atoms with Gasteiger partial charge in [0.25, 0.3) is 0 Å². The van der Waals surface area contributed by atoms with Gasteiger partial charge in [0.2, 0.25) is 0 Å². The van der Waals surface area contributed by atoms with Crippen LogP contribution in [0.3, 0.4) is 0 Å². The fourth-order valence-corrected chi connectivity index (χ4v) is 1.18. The Morgan fingerprint density at radius 2 is 1.82 bits per heavy atom. The summed E-state index contributed by atoms with van der Waals surface area (Å²) in [7, 11) is 0. The maximum atomic E-state index is 8.62. The Bertz CT molecular complexity index is 456. The molecule has 1 rings (SSSR count). The number of benzene rings is 1. The minimum Gasteiger partial charge on any atom is -0.493 e. The Morgan fingerprint density at radius 3 is 2.29 bits per heavy atom. The van der Waals surface area contributed by atoms with E-state index in [1.165, 1.54) is 0 Å². The maximum Gasteiger partial charge on any atom is 0.130 e. The van der Waals surface area contributed by atoms with Crippen molar-refractivity contribution in [3.8, 4) is 17.9 Å². The lowest BCUT2D eigenvalue weighted by atomic mass is 10.1. The zero-order valence-electron chi connectivity index (χ0n) is 9.97. The highest BCUT2D eigenvalue weighted by atomic mass is 16.5. The second-order valence-electron chi connectivity index (χ2n) is 4.06. The summed E-state index contributed by atoms with van der Waals surface area (Å²) >= 11 is 0. The smallest absolute Gasteiger partial charge is 0.130 e. The van der Waals surface area contributed by atoms with E-state index in [-0.39, 0.29) is 5.57 Å². The Kier molecular flexibility index (Phi) is 4.78. The highest BCUT2D eigenvalue weighted by Gasteiger charge is 1.98. The van der Waals surface area contributed by atoms with Crippen LogP contribution in [0.5, 0.6) is 5.75 Å². The number of allylic oxidation sites excluding steroid dienone is 1. The molecular weight excluding hydrogens is 212 g/mol. The van der Waals surface area contributed by atoms with E-state index in [2.05, 4.69) is 13.8 Å². The SMILES string of the molecule is CC(C)COc1ccc(C=C(C#N)C#N)cc1. The number of rotatable bonds is 4. The van der Waals surface area contributed by atoms with Gasteiger partial charge in [-0.05, 0) is 29.7 Å². The van der Waals surface area contributed by atoms with Gasteiger partial charge in [0, 0.05) is 0 Å². The average molecular weight is 226 g/mol. The summed E-state index contributed by atoms with van der Waals surface area (Å²) in [5.74, 6) is 1.28. The van der Waals surface area contributed by atoms with Crippen LogP contribution in [0.1, 0.15) is 19.4 Å². The summed E-state index contributed by atoms with van der Waals surface area (Å²) in [5.41, 5.74) is 0.917. The molecule has 1 aromatic carbocycles. The number of ether oxygens (including phenoxy) is 1. The molecule has 0 fully saturated rings. The molecule has 3 nitrogen and oxygen atoms in total. The molecule has 0 spiro atoms. The molecular formula is C14H14N2O. The molecule has 0 unspecified atom stereocenters. The second-order valence-corrected chi connectivity index (χ2v) is 4.06. The molecule has 17 heavy (non-hydrogen) atoms. The van der Waals surface area contributed by atoms with Crippen LogP contribution >= 0.6 is 0 Å². The van der Waals surface area contributed by atoms with Crippen LogP contribution in [0.2, 0.25) is 0 Å². The van der Waals surface area contributed by atoms with Gasteiger partial charge >= 0.3 is 0 Å². The summed E-state index contributed by atoms with van der Waals surface area (Å²) in [4.78, 5) is 0. The maximum absolute atomic E-state index is 8.62. The molecule has 0 atom stereocenters. The van der Waals surface area contributed by atoms with Gasteiger partial charge < -0.3 is 4.74 Å². The lowest BCUT2D eigenvalue weighted by Gasteiger charge is -2.08. The largest absolute Gasteiger partial charge is 0.493 e. The molecule has 0 aliphatic rings. The molecule has 0 N–H and O–H groups in total. The van der Waals surface area contributed by atoms with E-state index in [1.54, 1.807) is 6.08 Å². The van der Waals surface area contributed by atoms with Crippen molar-refractivity contribution < 1.29 is 4.74 Å². The average Bonchev–Trinajstić information content (AvgIpc) is 2.34. The van der Waals surface area contributed by atoms with Gasteiger partial charge in [0.1, 0.15) is 23.5 Å². The number of hydrogen-bond donors (Lipinski definition) is 0. The Hall–Kier alpha value is -2.26. The first-order valence-corrected chi connectivity index (χ1v) is 5.40. The van der Waals surface area contributed by atoms with Crippen molar-refractivity contribution in [2.45, 2.75) is 13.8 Å². The fourth-order valence-electron chi connectivity index (χ4n) is 1.18. The molecule has 86 valence electrons. The van der Waals surface area contributed by atoms with E-state index < -0.39 is 0 Å². The monoisotopic (exact) mass is 226 g/mol. The van der Waals surface area contributed by atoms with Crippen LogP contribution < -0.4 is 4.74 Å². The quantitative estimate of drug-likeness (QED) is 0.741. The summed E-state index contributed by atoms with van der Waals surface area (Å²) in [6.07, 6.45) is 1.55. The van der Waals surface area contributed by atoms with Gasteiger partial charge in [-0.15, -0.1) is 0 Å². The number of hydrogen-bond acceptors (Lipinski definition) is 3. The fraction of sp³-hybridized carbons (Fsp3) is 0.286. The van der Waals surface area contributed by atoms with Crippen LogP contribution in [0.4, 0.5) is 0 Å². The summed E-state index contributed by atoms with van der Waals surface area (Å²) in [6, 6.07) is 11.0. The predicted molar refractivity (Wildman–Crippen MR) is 66.0 cm³/mol. The number of nitrogens with zero attached hydrogens (tertiary/aromatic N) is 2. The lowest BCUT2D eigenvalue weighted by molar-refractivity contribution is 0.271. The van der Waals surface area contributed by atoms with E-state index in [1.807, 2.05) is 36.4 Å².